The van der Waals surface area contributed by atoms with Crippen molar-refractivity contribution in [3.63, 3.8) is 0 Å². The van der Waals surface area contributed by atoms with Crippen molar-refractivity contribution < 1.29 is 13.2 Å². The molecule has 1 atom stereocenters. The van der Waals surface area contributed by atoms with Gasteiger partial charge in [-0.25, -0.2) is 18.4 Å². The van der Waals surface area contributed by atoms with Gasteiger partial charge >= 0.3 is 6.03 Å². The molecule has 1 aliphatic heterocycles. The van der Waals surface area contributed by atoms with Gasteiger partial charge in [-0.1, -0.05) is 13.0 Å². The molecule has 0 saturated carbocycles. The minimum absolute atomic E-state index is 0.145. The summed E-state index contributed by atoms with van der Waals surface area (Å²) < 4.78 is 22.8. The van der Waals surface area contributed by atoms with Gasteiger partial charge in [-0.3, -0.25) is 4.90 Å². The third kappa shape index (κ3) is 6.51. The van der Waals surface area contributed by atoms with E-state index in [1.165, 1.54) is 23.8 Å². The smallest absolute Gasteiger partial charge is 0.314 e. The summed E-state index contributed by atoms with van der Waals surface area (Å²) >= 11 is 2.86. The number of nitrogens with zero attached hydrogens (tertiary/aromatic N) is 1. The van der Waals surface area contributed by atoms with Crippen LogP contribution in [0, 0.1) is 5.92 Å². The Morgan fingerprint density at radius 1 is 1.28 bits per heavy atom. The van der Waals surface area contributed by atoms with Crippen molar-refractivity contribution in [2.24, 2.45) is 11.1 Å². The summed E-state index contributed by atoms with van der Waals surface area (Å²) in [5, 5.41) is 13.0. The van der Waals surface area contributed by atoms with Gasteiger partial charge in [0, 0.05) is 22.8 Å². The molecule has 160 valence electrons. The van der Waals surface area contributed by atoms with Crippen LogP contribution in [0.3, 0.4) is 0 Å². The lowest BCUT2D eigenvalue weighted by Crippen LogP contribution is -2.44. The van der Waals surface area contributed by atoms with Gasteiger partial charge in [0.2, 0.25) is 10.0 Å². The number of hydrogen-bond acceptors (Lipinski definition) is 6. The predicted molar refractivity (Wildman–Crippen MR) is 118 cm³/mol. The van der Waals surface area contributed by atoms with Crippen LogP contribution in [0.5, 0.6) is 0 Å². The number of urea groups is 1. The molecule has 29 heavy (non-hydrogen) atoms. The first-order valence-electron chi connectivity index (χ1n) is 9.73. The maximum absolute atomic E-state index is 12.3. The number of hydrogen-bond donors (Lipinski definition) is 3. The number of likely N-dealkylation sites (tertiary alicyclic amines) is 1. The second kappa shape index (κ2) is 10.0. The lowest BCUT2D eigenvalue weighted by Gasteiger charge is -2.36. The van der Waals surface area contributed by atoms with E-state index in [0.717, 1.165) is 35.2 Å². The van der Waals surface area contributed by atoms with Gasteiger partial charge < -0.3 is 10.6 Å². The van der Waals surface area contributed by atoms with E-state index in [9.17, 15) is 13.2 Å². The number of amides is 2. The second-order valence-electron chi connectivity index (χ2n) is 7.40. The number of carbonyl (C=O) groups excluding carboxylic acids is 1. The molecule has 3 heterocycles. The van der Waals surface area contributed by atoms with E-state index >= 15 is 0 Å². The summed E-state index contributed by atoms with van der Waals surface area (Å²) in [6.07, 6.45) is 2.94. The van der Waals surface area contributed by atoms with Gasteiger partial charge in [-0.2, -0.15) is 0 Å². The van der Waals surface area contributed by atoms with Crippen molar-refractivity contribution in [3.8, 4) is 0 Å². The third-order valence-electron chi connectivity index (χ3n) is 5.16. The molecule has 0 aromatic carbocycles. The highest BCUT2D eigenvalue weighted by atomic mass is 32.2. The van der Waals surface area contributed by atoms with Gasteiger partial charge in [-0.15, -0.1) is 22.7 Å². The molecule has 2 amide bonds. The predicted octanol–water partition coefficient (Wildman–Crippen LogP) is 2.77. The number of nitrogens with two attached hydrogens (primary N) is 1. The maximum Gasteiger partial charge on any atom is 0.314 e. The maximum atomic E-state index is 12.3. The third-order valence-corrected chi connectivity index (χ3v) is 8.72. The van der Waals surface area contributed by atoms with Crippen molar-refractivity contribution in [1.82, 2.24) is 15.5 Å². The molecule has 2 aromatic heterocycles. The normalized spacial score (nSPS) is 17.2. The molecule has 0 aliphatic carbocycles. The zero-order valence-electron chi connectivity index (χ0n) is 16.5. The zero-order chi connectivity index (χ0) is 20.9. The Hall–Kier alpha value is -1.46. The van der Waals surface area contributed by atoms with Crippen molar-refractivity contribution >= 4 is 38.7 Å². The SMILES string of the molecule is CC1CCN([C@@H](CNC(=O)NCCc2ccc(S(N)(=O)=O)s2)c2cccs2)CC1. The van der Waals surface area contributed by atoms with Crippen LogP contribution >= 0.6 is 22.7 Å². The highest BCUT2D eigenvalue weighted by Gasteiger charge is 2.25. The van der Waals surface area contributed by atoms with Crippen LogP contribution in [0.4, 0.5) is 4.79 Å². The van der Waals surface area contributed by atoms with Crippen LogP contribution < -0.4 is 15.8 Å². The summed E-state index contributed by atoms with van der Waals surface area (Å²) in [6.45, 7) is 5.40. The number of sulfonamides is 1. The number of thiophene rings is 2. The average Bonchev–Trinajstić information content (AvgIpc) is 3.35. The second-order valence-corrected chi connectivity index (χ2v) is 11.3. The lowest BCUT2D eigenvalue weighted by molar-refractivity contribution is 0.138. The fourth-order valence-corrected chi connectivity index (χ4v) is 6.07. The Morgan fingerprint density at radius 2 is 2.03 bits per heavy atom. The lowest BCUT2D eigenvalue weighted by atomic mass is 9.97. The molecular weight excluding hydrogens is 428 g/mol. The van der Waals surface area contributed by atoms with Crippen molar-refractivity contribution in [1.29, 1.82) is 0 Å². The summed E-state index contributed by atoms with van der Waals surface area (Å²) in [5.41, 5.74) is 0. The Bertz CT molecular complexity index is 888. The number of carbonyl (C=O) groups is 1. The van der Waals surface area contributed by atoms with Crippen molar-refractivity contribution in [2.75, 3.05) is 26.2 Å². The van der Waals surface area contributed by atoms with Crippen LogP contribution in [-0.2, 0) is 16.4 Å². The molecule has 0 bridgehead atoms. The molecule has 7 nitrogen and oxygen atoms in total. The van der Waals surface area contributed by atoms with E-state index in [2.05, 4.69) is 40.0 Å². The molecule has 0 spiro atoms. The van der Waals surface area contributed by atoms with Crippen LogP contribution in [0.25, 0.3) is 0 Å². The minimum atomic E-state index is -3.66. The van der Waals surface area contributed by atoms with E-state index in [1.807, 2.05) is 0 Å². The van der Waals surface area contributed by atoms with Gasteiger partial charge in [0.15, 0.2) is 0 Å². The average molecular weight is 457 g/mol. The molecule has 1 fully saturated rings. The molecule has 4 N–H and O–H groups in total. The number of primary sulfonamides is 1. The first kappa shape index (κ1) is 22.2. The number of nitrogens with one attached hydrogen (secondary N) is 2. The quantitative estimate of drug-likeness (QED) is 0.568. The summed E-state index contributed by atoms with van der Waals surface area (Å²) in [4.78, 5) is 16.9. The minimum Gasteiger partial charge on any atom is -0.338 e. The van der Waals surface area contributed by atoms with Crippen LogP contribution in [-0.4, -0.2) is 45.5 Å². The van der Waals surface area contributed by atoms with Crippen LogP contribution in [0.1, 0.15) is 35.6 Å². The number of rotatable bonds is 8. The largest absolute Gasteiger partial charge is 0.338 e. The molecule has 2 aromatic rings. The summed E-state index contributed by atoms with van der Waals surface area (Å²) in [6, 6.07) is 7.40. The monoisotopic (exact) mass is 456 g/mol. The standard InChI is InChI=1S/C19H28N4O3S3/c1-14-7-10-23(11-8-14)16(17-3-2-12-27-17)13-22-19(24)21-9-6-15-4-5-18(28-15)29(20,25)26/h2-5,12,14,16H,6-11,13H2,1H3,(H2,20,25,26)(H2,21,22,24)/t16-/m0/s1. The Labute approximate surface area is 180 Å². The van der Waals surface area contributed by atoms with Crippen molar-refractivity contribution in [2.45, 2.75) is 36.4 Å². The highest BCUT2D eigenvalue weighted by molar-refractivity contribution is 7.91. The molecule has 0 unspecified atom stereocenters. The molecule has 1 aliphatic rings. The van der Waals surface area contributed by atoms with E-state index in [-0.39, 0.29) is 16.3 Å². The van der Waals surface area contributed by atoms with E-state index in [4.69, 9.17) is 5.14 Å². The summed E-state index contributed by atoms with van der Waals surface area (Å²) in [7, 11) is -3.66. The molecule has 0 radical (unpaired) electrons. The Kier molecular flexibility index (Phi) is 7.69. The molecular formula is C19H28N4O3S3. The first-order chi connectivity index (χ1) is 13.8. The van der Waals surface area contributed by atoms with Crippen LogP contribution in [0.2, 0.25) is 0 Å². The molecule has 1 saturated heterocycles. The van der Waals surface area contributed by atoms with Gasteiger partial charge in [0.05, 0.1) is 6.04 Å². The number of piperidine rings is 1. The van der Waals surface area contributed by atoms with Gasteiger partial charge in [-0.05, 0) is 61.8 Å². The fraction of sp³-hybridized carbons (Fsp3) is 0.526. The van der Waals surface area contributed by atoms with E-state index in [1.54, 1.807) is 17.4 Å². The highest BCUT2D eigenvalue weighted by Crippen LogP contribution is 2.29. The summed E-state index contributed by atoms with van der Waals surface area (Å²) in [5.74, 6) is 0.763. The fourth-order valence-electron chi connectivity index (χ4n) is 3.43. The van der Waals surface area contributed by atoms with Crippen LogP contribution in [0.15, 0.2) is 33.9 Å². The van der Waals surface area contributed by atoms with E-state index < -0.39 is 10.0 Å². The zero-order valence-corrected chi connectivity index (χ0v) is 18.9. The molecule has 10 heteroatoms. The van der Waals surface area contributed by atoms with Gasteiger partial charge in [0.1, 0.15) is 4.21 Å². The Morgan fingerprint density at radius 3 is 2.66 bits per heavy atom. The topological polar surface area (TPSA) is 105 Å². The molecule has 3 rings (SSSR count). The van der Waals surface area contributed by atoms with E-state index in [0.29, 0.717) is 19.5 Å². The van der Waals surface area contributed by atoms with Crippen molar-refractivity contribution in [3.05, 3.63) is 39.4 Å². The first-order valence-corrected chi connectivity index (χ1v) is 13.0. The Balaban J connectivity index is 1.47. The van der Waals surface area contributed by atoms with Gasteiger partial charge in [0.25, 0.3) is 0 Å².